The lowest BCUT2D eigenvalue weighted by Crippen LogP contribution is -1.89. The van der Waals surface area contributed by atoms with Crippen LogP contribution in [-0.4, -0.2) is 10.4 Å². The number of alkyl halides is 1. The van der Waals surface area contributed by atoms with Crippen molar-refractivity contribution in [1.82, 2.24) is 4.98 Å². The Morgan fingerprint density at radius 2 is 2.36 bits per heavy atom. The molecule has 1 heterocycles. The zero-order chi connectivity index (χ0) is 9.97. The third-order valence-electron chi connectivity index (χ3n) is 2.43. The van der Waals surface area contributed by atoms with Gasteiger partial charge in [-0.3, -0.25) is 4.98 Å². The van der Waals surface area contributed by atoms with Gasteiger partial charge in [0.15, 0.2) is 0 Å². The van der Waals surface area contributed by atoms with Gasteiger partial charge in [0.25, 0.3) is 0 Å². The van der Waals surface area contributed by atoms with Gasteiger partial charge in [0, 0.05) is 12.4 Å². The lowest BCUT2D eigenvalue weighted by atomic mass is 10.1. The van der Waals surface area contributed by atoms with Crippen molar-refractivity contribution in [2.75, 3.05) is 0 Å². The summed E-state index contributed by atoms with van der Waals surface area (Å²) >= 11 is 12.0. The first-order valence-electron chi connectivity index (χ1n) is 4.68. The highest BCUT2D eigenvalue weighted by Gasteiger charge is 2.14. The average Bonchev–Trinajstić information content (AvgIpc) is 2.56. The van der Waals surface area contributed by atoms with Crippen LogP contribution in [0, 0.1) is 0 Å². The summed E-state index contributed by atoms with van der Waals surface area (Å²) in [6.45, 7) is 0. The number of pyridine rings is 1. The number of hydrogen-bond acceptors (Lipinski definition) is 1. The molecular weight excluding hydrogens is 217 g/mol. The average molecular weight is 228 g/mol. The Morgan fingerprint density at radius 1 is 1.50 bits per heavy atom. The summed E-state index contributed by atoms with van der Waals surface area (Å²) in [6.07, 6.45) is 8.65. The summed E-state index contributed by atoms with van der Waals surface area (Å²) in [5.41, 5.74) is 2.52. The van der Waals surface area contributed by atoms with Crippen LogP contribution in [0.1, 0.15) is 18.4 Å². The summed E-state index contributed by atoms with van der Waals surface area (Å²) in [6, 6.07) is 1.96. The summed E-state index contributed by atoms with van der Waals surface area (Å²) in [4.78, 5) is 3.96. The van der Waals surface area contributed by atoms with Gasteiger partial charge in [-0.2, -0.15) is 0 Å². The zero-order valence-electron chi connectivity index (χ0n) is 7.71. The predicted octanol–water partition coefficient (Wildman–Crippen LogP) is 3.61. The number of aromatic nitrogens is 1. The second-order valence-corrected chi connectivity index (χ2v) is 4.49. The molecule has 1 aliphatic carbocycles. The minimum atomic E-state index is 0.214. The monoisotopic (exact) mass is 227 g/mol. The van der Waals surface area contributed by atoms with Crippen molar-refractivity contribution in [3.8, 4) is 0 Å². The van der Waals surface area contributed by atoms with Gasteiger partial charge in [0.2, 0.25) is 0 Å². The molecule has 14 heavy (non-hydrogen) atoms. The van der Waals surface area contributed by atoms with Crippen molar-refractivity contribution in [3.63, 3.8) is 0 Å². The van der Waals surface area contributed by atoms with E-state index < -0.39 is 0 Å². The Morgan fingerprint density at radius 3 is 3.00 bits per heavy atom. The summed E-state index contributed by atoms with van der Waals surface area (Å²) in [5, 5.41) is 0.956. The molecule has 3 heteroatoms. The SMILES string of the molecule is Clc1cnccc1CC1=CC(Cl)CC1. The minimum absolute atomic E-state index is 0.214. The van der Waals surface area contributed by atoms with Crippen LogP contribution in [0.15, 0.2) is 30.1 Å². The van der Waals surface area contributed by atoms with Crippen molar-refractivity contribution in [1.29, 1.82) is 0 Å². The van der Waals surface area contributed by atoms with E-state index in [9.17, 15) is 0 Å². The largest absolute Gasteiger partial charge is 0.263 e. The van der Waals surface area contributed by atoms with Crippen LogP contribution >= 0.6 is 23.2 Å². The molecule has 74 valence electrons. The summed E-state index contributed by atoms with van der Waals surface area (Å²) in [5.74, 6) is 0. The Labute approximate surface area is 93.8 Å². The van der Waals surface area contributed by atoms with Crippen LogP contribution in [0.5, 0.6) is 0 Å². The van der Waals surface area contributed by atoms with Crippen LogP contribution in [-0.2, 0) is 6.42 Å². The van der Waals surface area contributed by atoms with Crippen molar-refractivity contribution in [2.45, 2.75) is 24.6 Å². The lowest BCUT2D eigenvalue weighted by Gasteiger charge is -2.03. The van der Waals surface area contributed by atoms with Crippen molar-refractivity contribution >= 4 is 23.2 Å². The maximum atomic E-state index is 6.02. The molecule has 0 aliphatic heterocycles. The maximum absolute atomic E-state index is 6.02. The van der Waals surface area contributed by atoms with E-state index in [1.807, 2.05) is 6.07 Å². The van der Waals surface area contributed by atoms with Crippen molar-refractivity contribution < 1.29 is 0 Å². The normalized spacial score (nSPS) is 21.0. The number of hydrogen-bond donors (Lipinski definition) is 0. The second-order valence-electron chi connectivity index (χ2n) is 3.52. The maximum Gasteiger partial charge on any atom is 0.0624 e. The van der Waals surface area contributed by atoms with E-state index in [-0.39, 0.29) is 5.38 Å². The number of allylic oxidation sites excluding steroid dienone is 2. The molecule has 0 saturated carbocycles. The minimum Gasteiger partial charge on any atom is -0.263 e. The standard InChI is InChI=1S/C11H11Cl2N/c12-10-2-1-8(6-10)5-9-3-4-14-7-11(9)13/h3-4,6-7,10H,1-2,5H2. The first-order chi connectivity index (χ1) is 6.75. The summed E-state index contributed by atoms with van der Waals surface area (Å²) < 4.78 is 0. The molecule has 0 saturated heterocycles. The molecule has 0 fully saturated rings. The van der Waals surface area contributed by atoms with Gasteiger partial charge in [-0.1, -0.05) is 23.3 Å². The number of rotatable bonds is 2. The Bertz CT molecular complexity index is 360. The molecule has 0 N–H and O–H groups in total. The van der Waals surface area contributed by atoms with E-state index in [4.69, 9.17) is 23.2 Å². The van der Waals surface area contributed by atoms with Crippen LogP contribution in [0.25, 0.3) is 0 Å². The van der Waals surface area contributed by atoms with Gasteiger partial charge in [0.1, 0.15) is 0 Å². The highest BCUT2D eigenvalue weighted by Crippen LogP contribution is 2.27. The molecule has 0 aromatic carbocycles. The molecule has 0 spiro atoms. The Hall–Kier alpha value is -0.530. The molecule has 0 amide bonds. The molecular formula is C11H11Cl2N. The molecule has 0 bridgehead atoms. The molecule has 1 aromatic heterocycles. The third-order valence-corrected chi connectivity index (χ3v) is 3.12. The molecule has 1 unspecified atom stereocenters. The van der Waals surface area contributed by atoms with E-state index in [2.05, 4.69) is 11.1 Å². The first kappa shape index (κ1) is 10.0. The topological polar surface area (TPSA) is 12.9 Å². The van der Waals surface area contributed by atoms with Crippen LogP contribution < -0.4 is 0 Å². The highest BCUT2D eigenvalue weighted by molar-refractivity contribution is 6.31. The van der Waals surface area contributed by atoms with E-state index in [1.165, 1.54) is 5.57 Å². The number of nitrogens with zero attached hydrogens (tertiary/aromatic N) is 1. The van der Waals surface area contributed by atoms with Gasteiger partial charge in [-0.05, 0) is 30.9 Å². The molecule has 2 rings (SSSR count). The van der Waals surface area contributed by atoms with Gasteiger partial charge in [0.05, 0.1) is 10.4 Å². The second kappa shape index (κ2) is 4.33. The third kappa shape index (κ3) is 2.28. The lowest BCUT2D eigenvalue weighted by molar-refractivity contribution is 0.891. The van der Waals surface area contributed by atoms with Gasteiger partial charge >= 0.3 is 0 Å². The van der Waals surface area contributed by atoms with E-state index >= 15 is 0 Å². The number of halogens is 2. The fourth-order valence-corrected chi connectivity index (χ4v) is 2.16. The van der Waals surface area contributed by atoms with Gasteiger partial charge in [-0.25, -0.2) is 0 Å². The molecule has 1 nitrogen and oxygen atoms in total. The predicted molar refractivity (Wildman–Crippen MR) is 59.9 cm³/mol. The van der Waals surface area contributed by atoms with E-state index in [0.29, 0.717) is 0 Å². The molecule has 0 radical (unpaired) electrons. The van der Waals surface area contributed by atoms with Crippen molar-refractivity contribution in [2.24, 2.45) is 0 Å². The van der Waals surface area contributed by atoms with Crippen molar-refractivity contribution in [3.05, 3.63) is 40.7 Å². The van der Waals surface area contributed by atoms with Crippen LogP contribution in [0.2, 0.25) is 5.02 Å². The molecule has 1 aliphatic rings. The van der Waals surface area contributed by atoms with E-state index in [0.717, 1.165) is 29.8 Å². The zero-order valence-corrected chi connectivity index (χ0v) is 9.22. The van der Waals surface area contributed by atoms with Gasteiger partial charge < -0.3 is 0 Å². The van der Waals surface area contributed by atoms with E-state index in [1.54, 1.807) is 12.4 Å². The van der Waals surface area contributed by atoms with Crippen LogP contribution in [0.4, 0.5) is 0 Å². The summed E-state index contributed by atoms with van der Waals surface area (Å²) in [7, 11) is 0. The Balaban J connectivity index is 2.12. The van der Waals surface area contributed by atoms with Gasteiger partial charge in [-0.15, -0.1) is 11.6 Å². The fraction of sp³-hybridized carbons (Fsp3) is 0.364. The Kier molecular flexibility index (Phi) is 3.09. The first-order valence-corrected chi connectivity index (χ1v) is 5.49. The molecule has 1 aromatic rings. The fourth-order valence-electron chi connectivity index (χ4n) is 1.69. The highest BCUT2D eigenvalue weighted by atomic mass is 35.5. The van der Waals surface area contributed by atoms with Crippen LogP contribution in [0.3, 0.4) is 0 Å². The molecule has 1 atom stereocenters. The quantitative estimate of drug-likeness (QED) is 0.556. The smallest absolute Gasteiger partial charge is 0.0624 e.